The molecule has 0 aromatic heterocycles. The van der Waals surface area contributed by atoms with Crippen molar-refractivity contribution in [2.45, 2.75) is 37.6 Å². The summed E-state index contributed by atoms with van der Waals surface area (Å²) in [5, 5.41) is 3.15. The molecule has 0 spiro atoms. The molecule has 0 radical (unpaired) electrons. The Labute approximate surface area is 156 Å². The summed E-state index contributed by atoms with van der Waals surface area (Å²) >= 11 is 0. The smallest absolute Gasteiger partial charge is 0.220 e. The van der Waals surface area contributed by atoms with Gasteiger partial charge >= 0.3 is 0 Å². The van der Waals surface area contributed by atoms with Gasteiger partial charge in [-0.1, -0.05) is 60.7 Å². The molecule has 0 heterocycles. The highest BCUT2D eigenvalue weighted by Crippen LogP contribution is 2.32. The summed E-state index contributed by atoms with van der Waals surface area (Å²) in [6, 6.07) is 20.8. The fourth-order valence-electron chi connectivity index (χ4n) is 3.29. The van der Waals surface area contributed by atoms with Gasteiger partial charge in [0.1, 0.15) is 0 Å². The van der Waals surface area contributed by atoms with Gasteiger partial charge in [0.05, 0.1) is 0 Å². The van der Waals surface area contributed by atoms with Crippen LogP contribution in [0.5, 0.6) is 0 Å². The minimum absolute atomic E-state index is 0. The second-order valence-electron chi connectivity index (χ2n) is 6.75. The van der Waals surface area contributed by atoms with E-state index in [1.165, 1.54) is 24.0 Å². The maximum atomic E-state index is 12.6. The summed E-state index contributed by atoms with van der Waals surface area (Å²) in [7, 11) is 0. The van der Waals surface area contributed by atoms with Crippen molar-refractivity contribution in [3.8, 4) is 0 Å². The number of benzene rings is 2. The lowest BCUT2D eigenvalue weighted by Crippen LogP contribution is -2.42. The van der Waals surface area contributed by atoms with Gasteiger partial charge in [-0.05, 0) is 42.2 Å². The number of amides is 1. The molecule has 3 nitrogen and oxygen atoms in total. The summed E-state index contributed by atoms with van der Waals surface area (Å²) in [6.45, 7) is 0.533. The predicted molar refractivity (Wildman–Crippen MR) is 105 cm³/mol. The molecule has 25 heavy (non-hydrogen) atoms. The number of carbonyl (C=O) groups excluding carboxylic acids is 1. The number of carbonyl (C=O) groups is 1. The van der Waals surface area contributed by atoms with Gasteiger partial charge in [-0.15, -0.1) is 12.4 Å². The van der Waals surface area contributed by atoms with Crippen LogP contribution in [0.3, 0.4) is 0 Å². The molecule has 1 fully saturated rings. The SMILES string of the molecule is Cl.NCC(NC(=O)CC(Cc1ccccc1)c1ccccc1)C1CC1. The normalized spacial score (nSPS) is 15.7. The van der Waals surface area contributed by atoms with E-state index < -0.39 is 0 Å². The number of hydrogen-bond donors (Lipinski definition) is 2. The molecule has 3 rings (SSSR count). The van der Waals surface area contributed by atoms with Gasteiger partial charge in [-0.3, -0.25) is 4.79 Å². The van der Waals surface area contributed by atoms with Gasteiger partial charge in [0.25, 0.3) is 0 Å². The Balaban J connectivity index is 0.00000225. The van der Waals surface area contributed by atoms with Crippen molar-refractivity contribution < 1.29 is 4.79 Å². The minimum atomic E-state index is 0. The Morgan fingerprint density at radius 1 is 1.04 bits per heavy atom. The number of rotatable bonds is 8. The van der Waals surface area contributed by atoms with Crippen molar-refractivity contribution in [3.05, 3.63) is 71.8 Å². The summed E-state index contributed by atoms with van der Waals surface area (Å²) in [5.41, 5.74) is 8.29. The van der Waals surface area contributed by atoms with E-state index in [4.69, 9.17) is 5.73 Å². The van der Waals surface area contributed by atoms with E-state index in [1.807, 2.05) is 24.3 Å². The zero-order chi connectivity index (χ0) is 16.8. The van der Waals surface area contributed by atoms with Gasteiger partial charge in [-0.2, -0.15) is 0 Å². The molecule has 0 aliphatic heterocycles. The van der Waals surface area contributed by atoms with Gasteiger partial charge in [0.2, 0.25) is 5.91 Å². The highest BCUT2D eigenvalue weighted by Gasteiger charge is 2.31. The van der Waals surface area contributed by atoms with Gasteiger partial charge < -0.3 is 11.1 Å². The number of hydrogen-bond acceptors (Lipinski definition) is 2. The van der Waals surface area contributed by atoms with Crippen LogP contribution in [0, 0.1) is 5.92 Å². The number of nitrogens with two attached hydrogens (primary N) is 1. The third-order valence-electron chi connectivity index (χ3n) is 4.82. The van der Waals surface area contributed by atoms with Crippen molar-refractivity contribution in [1.82, 2.24) is 5.32 Å². The van der Waals surface area contributed by atoms with Crippen LogP contribution in [0.2, 0.25) is 0 Å². The lowest BCUT2D eigenvalue weighted by molar-refractivity contribution is -0.122. The van der Waals surface area contributed by atoms with Crippen LogP contribution >= 0.6 is 12.4 Å². The third kappa shape index (κ3) is 5.87. The third-order valence-corrected chi connectivity index (χ3v) is 4.82. The molecule has 2 atom stereocenters. The highest BCUT2D eigenvalue weighted by atomic mass is 35.5. The molecule has 2 unspecified atom stereocenters. The van der Waals surface area contributed by atoms with Gasteiger partial charge in [0.15, 0.2) is 0 Å². The maximum absolute atomic E-state index is 12.6. The van der Waals surface area contributed by atoms with Crippen LogP contribution in [0.4, 0.5) is 0 Å². The van der Waals surface area contributed by atoms with Crippen LogP contribution in [0.1, 0.15) is 36.3 Å². The monoisotopic (exact) mass is 358 g/mol. The fraction of sp³-hybridized carbons (Fsp3) is 0.381. The first-order valence-electron chi connectivity index (χ1n) is 8.84. The van der Waals surface area contributed by atoms with E-state index in [2.05, 4.69) is 41.7 Å². The molecule has 3 N–H and O–H groups in total. The van der Waals surface area contributed by atoms with Gasteiger partial charge in [-0.25, -0.2) is 0 Å². The Kier molecular flexibility index (Phi) is 7.48. The van der Waals surface area contributed by atoms with Crippen molar-refractivity contribution in [2.75, 3.05) is 6.54 Å². The Morgan fingerprint density at radius 2 is 1.64 bits per heavy atom. The van der Waals surface area contributed by atoms with Crippen LogP contribution in [-0.2, 0) is 11.2 Å². The zero-order valence-electron chi connectivity index (χ0n) is 14.4. The highest BCUT2D eigenvalue weighted by molar-refractivity contribution is 5.85. The van der Waals surface area contributed by atoms with E-state index in [0.29, 0.717) is 18.9 Å². The van der Waals surface area contributed by atoms with Crippen molar-refractivity contribution in [1.29, 1.82) is 0 Å². The first-order chi connectivity index (χ1) is 11.8. The quantitative estimate of drug-likeness (QED) is 0.756. The number of halogens is 1. The molecule has 1 aliphatic carbocycles. The Bertz CT molecular complexity index is 643. The molecule has 4 heteroatoms. The zero-order valence-corrected chi connectivity index (χ0v) is 15.3. The lowest BCUT2D eigenvalue weighted by Gasteiger charge is -2.21. The topological polar surface area (TPSA) is 55.1 Å². The van der Waals surface area contributed by atoms with Gasteiger partial charge in [0, 0.05) is 19.0 Å². The summed E-state index contributed by atoms with van der Waals surface area (Å²) < 4.78 is 0. The van der Waals surface area contributed by atoms with E-state index >= 15 is 0 Å². The summed E-state index contributed by atoms with van der Waals surface area (Å²) in [5.74, 6) is 0.886. The predicted octanol–water partition coefficient (Wildman–Crippen LogP) is 3.68. The first-order valence-corrected chi connectivity index (χ1v) is 8.84. The largest absolute Gasteiger partial charge is 0.352 e. The summed E-state index contributed by atoms with van der Waals surface area (Å²) in [6.07, 6.45) is 3.75. The van der Waals surface area contributed by atoms with Crippen molar-refractivity contribution >= 4 is 18.3 Å². The van der Waals surface area contributed by atoms with E-state index in [-0.39, 0.29) is 30.3 Å². The molecule has 1 saturated carbocycles. The first kappa shape index (κ1) is 19.5. The van der Waals surface area contributed by atoms with Crippen molar-refractivity contribution in [2.24, 2.45) is 11.7 Å². The molecule has 0 saturated heterocycles. The molecule has 2 aromatic carbocycles. The van der Waals surface area contributed by atoms with Crippen molar-refractivity contribution in [3.63, 3.8) is 0 Å². The van der Waals surface area contributed by atoms with E-state index in [1.54, 1.807) is 0 Å². The van der Waals surface area contributed by atoms with E-state index in [9.17, 15) is 4.79 Å². The molecule has 134 valence electrons. The molecule has 2 aromatic rings. The van der Waals surface area contributed by atoms with Crippen LogP contribution < -0.4 is 11.1 Å². The maximum Gasteiger partial charge on any atom is 0.220 e. The second-order valence-corrected chi connectivity index (χ2v) is 6.75. The Morgan fingerprint density at radius 3 is 2.20 bits per heavy atom. The number of nitrogens with one attached hydrogen (secondary N) is 1. The molecular formula is C21H27ClN2O. The van der Waals surface area contributed by atoms with Crippen LogP contribution in [-0.4, -0.2) is 18.5 Å². The molecule has 1 amide bonds. The average molecular weight is 359 g/mol. The second kappa shape index (κ2) is 9.59. The summed E-state index contributed by atoms with van der Waals surface area (Å²) in [4.78, 5) is 12.6. The lowest BCUT2D eigenvalue weighted by atomic mass is 9.89. The van der Waals surface area contributed by atoms with Crippen LogP contribution in [0.25, 0.3) is 0 Å². The Hall–Kier alpha value is -1.84. The minimum Gasteiger partial charge on any atom is -0.352 e. The van der Waals surface area contributed by atoms with E-state index in [0.717, 1.165) is 6.42 Å². The van der Waals surface area contributed by atoms with Crippen LogP contribution in [0.15, 0.2) is 60.7 Å². The molecule has 0 bridgehead atoms. The standard InChI is InChI=1S/C21H26N2O.ClH/c22-15-20(18-11-12-18)23-21(24)14-19(17-9-5-2-6-10-17)13-16-7-3-1-4-8-16;/h1-10,18-20H,11-15,22H2,(H,23,24);1H. The molecule has 1 aliphatic rings. The average Bonchev–Trinajstić information content (AvgIpc) is 3.46. The fourth-order valence-corrected chi connectivity index (χ4v) is 3.29. The molecular weight excluding hydrogens is 332 g/mol.